The first-order valence-corrected chi connectivity index (χ1v) is 12.1. The second kappa shape index (κ2) is 8.94. The third kappa shape index (κ3) is 4.13. The third-order valence-electron chi connectivity index (χ3n) is 7.33. The van der Waals surface area contributed by atoms with Gasteiger partial charge in [-0.3, -0.25) is 9.69 Å². The summed E-state index contributed by atoms with van der Waals surface area (Å²) in [5.41, 5.74) is 11.5. The average molecular weight is 474 g/mol. The SMILES string of the molecule is Nc1nc(F)c(-c2ccc(N3CCN4CCOCC4C3)cc2)cc1-c1ccc2c(c1)CCNC2=O. The summed E-state index contributed by atoms with van der Waals surface area (Å²) in [6.45, 7) is 6.11. The summed E-state index contributed by atoms with van der Waals surface area (Å²) >= 11 is 0. The van der Waals surface area contributed by atoms with E-state index in [9.17, 15) is 9.18 Å². The number of pyridine rings is 1. The van der Waals surface area contributed by atoms with Crippen molar-refractivity contribution >= 4 is 17.4 Å². The molecule has 0 saturated carbocycles. The van der Waals surface area contributed by atoms with E-state index < -0.39 is 5.95 Å². The van der Waals surface area contributed by atoms with Crippen LogP contribution in [0.25, 0.3) is 22.3 Å². The van der Waals surface area contributed by atoms with Crippen LogP contribution in [0.3, 0.4) is 0 Å². The van der Waals surface area contributed by atoms with Crippen LogP contribution < -0.4 is 16.0 Å². The zero-order valence-corrected chi connectivity index (χ0v) is 19.5. The summed E-state index contributed by atoms with van der Waals surface area (Å²) in [7, 11) is 0. The highest BCUT2D eigenvalue weighted by molar-refractivity contribution is 5.97. The molecule has 35 heavy (non-hydrogen) atoms. The van der Waals surface area contributed by atoms with E-state index in [0.29, 0.717) is 29.3 Å². The first-order chi connectivity index (χ1) is 17.1. The average Bonchev–Trinajstić information content (AvgIpc) is 2.89. The van der Waals surface area contributed by atoms with Crippen LogP contribution in [-0.2, 0) is 11.2 Å². The number of carbonyl (C=O) groups excluding carboxylic acids is 1. The number of nitrogen functional groups attached to an aromatic ring is 1. The number of halogens is 1. The zero-order chi connectivity index (χ0) is 23.9. The minimum absolute atomic E-state index is 0.0683. The largest absolute Gasteiger partial charge is 0.383 e. The van der Waals surface area contributed by atoms with Crippen LogP contribution in [0.4, 0.5) is 15.9 Å². The molecule has 3 aliphatic rings. The topological polar surface area (TPSA) is 83.7 Å². The van der Waals surface area contributed by atoms with Crippen LogP contribution in [-0.4, -0.2) is 67.8 Å². The lowest BCUT2D eigenvalue weighted by Crippen LogP contribution is -2.58. The molecule has 3 aromatic rings. The molecule has 2 saturated heterocycles. The van der Waals surface area contributed by atoms with Gasteiger partial charge in [-0.2, -0.15) is 4.39 Å². The van der Waals surface area contributed by atoms with E-state index in [1.807, 2.05) is 36.4 Å². The molecule has 0 bridgehead atoms. The zero-order valence-electron chi connectivity index (χ0n) is 19.5. The van der Waals surface area contributed by atoms with Crippen molar-refractivity contribution in [3.8, 4) is 22.3 Å². The molecule has 0 spiro atoms. The van der Waals surface area contributed by atoms with Gasteiger partial charge in [-0.05, 0) is 47.4 Å². The maximum absolute atomic E-state index is 14.9. The van der Waals surface area contributed by atoms with Crippen LogP contribution in [0, 0.1) is 5.95 Å². The Labute approximate surface area is 203 Å². The van der Waals surface area contributed by atoms with E-state index in [4.69, 9.17) is 10.5 Å². The number of hydrogen-bond acceptors (Lipinski definition) is 6. The number of nitrogens with one attached hydrogen (secondary N) is 1. The molecule has 1 unspecified atom stereocenters. The first-order valence-electron chi connectivity index (χ1n) is 12.1. The Morgan fingerprint density at radius 3 is 2.69 bits per heavy atom. The van der Waals surface area contributed by atoms with E-state index >= 15 is 0 Å². The standard InChI is InChI=1S/C27H28FN5O2/c28-25-23(14-24(26(29)31-25)18-3-6-22-19(13-18)7-8-30-27(22)34)17-1-4-20(5-2-17)33-10-9-32-11-12-35-16-21(32)15-33/h1-6,13-14,21H,7-12,15-16H2,(H2,29,31)(H,30,34). The van der Waals surface area contributed by atoms with Crippen molar-refractivity contribution in [1.29, 1.82) is 0 Å². The number of nitrogens with zero attached hydrogens (tertiary/aromatic N) is 3. The second-order valence-electron chi connectivity index (χ2n) is 9.39. The molecule has 6 rings (SSSR count). The fourth-order valence-corrected chi connectivity index (χ4v) is 5.37. The number of fused-ring (bicyclic) bond motifs is 2. The van der Waals surface area contributed by atoms with Gasteiger partial charge in [0, 0.05) is 55.1 Å². The summed E-state index contributed by atoms with van der Waals surface area (Å²) in [6, 6.07) is 15.7. The number of anilines is 2. The van der Waals surface area contributed by atoms with Crippen molar-refractivity contribution in [2.24, 2.45) is 0 Å². The Kier molecular flexibility index (Phi) is 5.62. The van der Waals surface area contributed by atoms with Gasteiger partial charge < -0.3 is 20.7 Å². The molecule has 2 fully saturated rings. The molecule has 4 heterocycles. The quantitative estimate of drug-likeness (QED) is 0.569. The number of morpholine rings is 1. The summed E-state index contributed by atoms with van der Waals surface area (Å²) in [5, 5.41) is 2.85. The molecule has 8 heteroatoms. The molecule has 1 amide bonds. The van der Waals surface area contributed by atoms with Crippen LogP contribution in [0.15, 0.2) is 48.5 Å². The molecular weight excluding hydrogens is 445 g/mol. The highest BCUT2D eigenvalue weighted by Gasteiger charge is 2.29. The van der Waals surface area contributed by atoms with Gasteiger partial charge in [0.1, 0.15) is 5.82 Å². The van der Waals surface area contributed by atoms with E-state index in [1.165, 1.54) is 0 Å². The summed E-state index contributed by atoms with van der Waals surface area (Å²) in [4.78, 5) is 21.0. The summed E-state index contributed by atoms with van der Waals surface area (Å²) in [5.74, 6) is -0.527. The number of carbonyl (C=O) groups is 1. The van der Waals surface area contributed by atoms with Crippen molar-refractivity contribution in [3.05, 3.63) is 65.6 Å². The molecule has 0 radical (unpaired) electrons. The fraction of sp³-hybridized carbons (Fsp3) is 0.333. The highest BCUT2D eigenvalue weighted by atomic mass is 19.1. The Hall–Kier alpha value is -3.49. The van der Waals surface area contributed by atoms with Crippen LogP contribution in [0.1, 0.15) is 15.9 Å². The van der Waals surface area contributed by atoms with Gasteiger partial charge >= 0.3 is 0 Å². The van der Waals surface area contributed by atoms with Gasteiger partial charge in [0.2, 0.25) is 5.95 Å². The molecular formula is C27H28FN5O2. The maximum atomic E-state index is 14.9. The Morgan fingerprint density at radius 1 is 1.00 bits per heavy atom. The lowest BCUT2D eigenvalue weighted by Gasteiger charge is -2.44. The van der Waals surface area contributed by atoms with Crippen LogP contribution >= 0.6 is 0 Å². The highest BCUT2D eigenvalue weighted by Crippen LogP contribution is 2.34. The second-order valence-corrected chi connectivity index (χ2v) is 9.39. The number of benzene rings is 2. The first kappa shape index (κ1) is 22.0. The lowest BCUT2D eigenvalue weighted by atomic mass is 9.94. The maximum Gasteiger partial charge on any atom is 0.251 e. The molecule has 7 nitrogen and oxygen atoms in total. The number of ether oxygens (including phenoxy) is 1. The lowest BCUT2D eigenvalue weighted by molar-refractivity contribution is -0.0116. The Bertz CT molecular complexity index is 1280. The molecule has 0 aliphatic carbocycles. The number of rotatable bonds is 3. The summed E-state index contributed by atoms with van der Waals surface area (Å²) in [6.07, 6.45) is 0.749. The molecule has 2 aromatic carbocycles. The smallest absolute Gasteiger partial charge is 0.251 e. The molecule has 3 aliphatic heterocycles. The van der Waals surface area contributed by atoms with Crippen LogP contribution in [0.2, 0.25) is 0 Å². The number of hydrogen-bond donors (Lipinski definition) is 2. The van der Waals surface area contributed by atoms with E-state index in [0.717, 1.165) is 68.2 Å². The predicted molar refractivity (Wildman–Crippen MR) is 134 cm³/mol. The van der Waals surface area contributed by atoms with Gasteiger partial charge in [-0.25, -0.2) is 4.98 Å². The van der Waals surface area contributed by atoms with E-state index in [1.54, 1.807) is 12.1 Å². The minimum atomic E-state index is -0.593. The van der Waals surface area contributed by atoms with Gasteiger partial charge in [-0.15, -0.1) is 0 Å². The van der Waals surface area contributed by atoms with Crippen molar-refractivity contribution in [1.82, 2.24) is 15.2 Å². The van der Waals surface area contributed by atoms with Crippen molar-refractivity contribution in [2.45, 2.75) is 12.5 Å². The summed E-state index contributed by atoms with van der Waals surface area (Å²) < 4.78 is 20.6. The van der Waals surface area contributed by atoms with Crippen LogP contribution in [0.5, 0.6) is 0 Å². The number of amides is 1. The molecule has 1 atom stereocenters. The minimum Gasteiger partial charge on any atom is -0.383 e. The van der Waals surface area contributed by atoms with Crippen molar-refractivity contribution in [2.75, 3.05) is 56.6 Å². The monoisotopic (exact) mass is 473 g/mol. The van der Waals surface area contributed by atoms with Crippen molar-refractivity contribution < 1.29 is 13.9 Å². The van der Waals surface area contributed by atoms with E-state index in [2.05, 4.69) is 20.1 Å². The Morgan fingerprint density at radius 2 is 1.83 bits per heavy atom. The van der Waals surface area contributed by atoms with Gasteiger partial charge in [-0.1, -0.05) is 24.3 Å². The molecule has 1 aromatic heterocycles. The molecule has 3 N–H and O–H groups in total. The Balaban J connectivity index is 1.28. The van der Waals surface area contributed by atoms with Gasteiger partial charge in [0.15, 0.2) is 0 Å². The van der Waals surface area contributed by atoms with Gasteiger partial charge in [0.05, 0.1) is 19.3 Å². The number of aromatic nitrogens is 1. The third-order valence-corrected chi connectivity index (χ3v) is 7.33. The normalized spacial score (nSPS) is 20.2. The molecule has 180 valence electrons. The fourth-order valence-electron chi connectivity index (χ4n) is 5.37. The number of nitrogens with two attached hydrogens (primary N) is 1. The number of piperazine rings is 1. The van der Waals surface area contributed by atoms with Gasteiger partial charge in [0.25, 0.3) is 5.91 Å². The van der Waals surface area contributed by atoms with Crippen molar-refractivity contribution in [3.63, 3.8) is 0 Å². The van der Waals surface area contributed by atoms with E-state index in [-0.39, 0.29) is 11.7 Å². The predicted octanol–water partition coefficient (Wildman–Crippen LogP) is 2.94.